The molecule has 1 aromatic carbocycles. The molecule has 0 amide bonds. The molecule has 0 fully saturated rings. The van der Waals surface area contributed by atoms with Gasteiger partial charge in [-0.3, -0.25) is 4.79 Å². The first-order chi connectivity index (χ1) is 7.85. The summed E-state index contributed by atoms with van der Waals surface area (Å²) < 4.78 is 0. The Balaban J connectivity index is 2.98. The summed E-state index contributed by atoms with van der Waals surface area (Å²) in [5, 5.41) is 9.62. The maximum atomic E-state index is 12.1. The summed E-state index contributed by atoms with van der Waals surface area (Å²) in [5.41, 5.74) is 0.485. The quantitative estimate of drug-likeness (QED) is 0.814. The second-order valence-electron chi connectivity index (χ2n) is 5.29. The molecule has 3 heteroatoms. The minimum atomic E-state index is -0.761. The Bertz CT molecular complexity index is 454. The van der Waals surface area contributed by atoms with Crippen LogP contribution in [0.1, 0.15) is 38.7 Å². The summed E-state index contributed by atoms with van der Waals surface area (Å²) in [5.74, 6) is -0.837. The molecule has 90 valence electrons. The lowest BCUT2D eigenvalue weighted by molar-refractivity contribution is -0.121. The maximum Gasteiger partial charge on any atom is 0.155 e. The Kier molecular flexibility index (Phi) is 4.31. The molecule has 0 bridgehead atoms. The van der Waals surface area contributed by atoms with Crippen molar-refractivity contribution < 1.29 is 4.79 Å². The standard InChI is InChI=1S/C14H16ClNO/c1-14(2,3)8-13(17)11(9-16)10-6-4-5-7-12(10)15/h4-7,11H,8H2,1-3H3. The second kappa shape index (κ2) is 5.33. The van der Waals surface area contributed by atoms with Crippen molar-refractivity contribution in [2.75, 3.05) is 0 Å². The van der Waals surface area contributed by atoms with Gasteiger partial charge in [-0.05, 0) is 17.0 Å². The van der Waals surface area contributed by atoms with Crippen molar-refractivity contribution in [1.82, 2.24) is 0 Å². The van der Waals surface area contributed by atoms with Gasteiger partial charge in [0.2, 0.25) is 0 Å². The van der Waals surface area contributed by atoms with Gasteiger partial charge >= 0.3 is 0 Å². The summed E-state index contributed by atoms with van der Waals surface area (Å²) >= 11 is 6.01. The van der Waals surface area contributed by atoms with Crippen molar-refractivity contribution in [1.29, 1.82) is 5.26 Å². The zero-order valence-corrected chi connectivity index (χ0v) is 11.1. The van der Waals surface area contributed by atoms with Crippen LogP contribution in [0.15, 0.2) is 24.3 Å². The average molecular weight is 250 g/mol. The van der Waals surface area contributed by atoms with Crippen molar-refractivity contribution in [2.45, 2.75) is 33.1 Å². The van der Waals surface area contributed by atoms with Crippen LogP contribution < -0.4 is 0 Å². The molecule has 1 aromatic rings. The summed E-state index contributed by atoms with van der Waals surface area (Å²) in [6, 6.07) is 9.05. The molecule has 0 aliphatic heterocycles. The fourth-order valence-electron chi connectivity index (χ4n) is 1.65. The Labute approximate surface area is 107 Å². The fourth-order valence-corrected chi connectivity index (χ4v) is 1.89. The Morgan fingerprint density at radius 2 is 2.00 bits per heavy atom. The first kappa shape index (κ1) is 13.7. The molecule has 0 aromatic heterocycles. The molecule has 1 atom stereocenters. The first-order valence-corrected chi connectivity index (χ1v) is 5.90. The van der Waals surface area contributed by atoms with E-state index in [-0.39, 0.29) is 11.2 Å². The van der Waals surface area contributed by atoms with Crippen LogP contribution in [0, 0.1) is 16.7 Å². The number of ketones is 1. The van der Waals surface area contributed by atoms with Crippen LogP contribution >= 0.6 is 11.6 Å². The molecule has 0 saturated heterocycles. The minimum absolute atomic E-state index is 0.0758. The van der Waals surface area contributed by atoms with Crippen molar-refractivity contribution in [3.63, 3.8) is 0 Å². The fraction of sp³-hybridized carbons (Fsp3) is 0.429. The SMILES string of the molecule is CC(C)(C)CC(=O)C(C#N)c1ccccc1Cl. The summed E-state index contributed by atoms with van der Waals surface area (Å²) in [4.78, 5) is 12.1. The van der Waals surface area contributed by atoms with Gasteiger partial charge < -0.3 is 0 Å². The monoisotopic (exact) mass is 249 g/mol. The third kappa shape index (κ3) is 3.87. The molecule has 0 radical (unpaired) electrons. The summed E-state index contributed by atoms with van der Waals surface area (Å²) in [6.07, 6.45) is 0.371. The summed E-state index contributed by atoms with van der Waals surface area (Å²) in [7, 11) is 0. The van der Waals surface area contributed by atoms with Crippen LogP contribution in [0.25, 0.3) is 0 Å². The summed E-state index contributed by atoms with van der Waals surface area (Å²) in [6.45, 7) is 5.93. The number of halogens is 1. The minimum Gasteiger partial charge on any atom is -0.298 e. The lowest BCUT2D eigenvalue weighted by atomic mass is 9.84. The van der Waals surface area contributed by atoms with Crippen LogP contribution in [-0.4, -0.2) is 5.78 Å². The second-order valence-corrected chi connectivity index (χ2v) is 5.69. The van der Waals surface area contributed by atoms with Gasteiger partial charge in [0.1, 0.15) is 5.92 Å². The Morgan fingerprint density at radius 3 is 2.47 bits per heavy atom. The van der Waals surface area contributed by atoms with E-state index in [1.165, 1.54) is 0 Å². The highest BCUT2D eigenvalue weighted by Crippen LogP contribution is 2.29. The number of hydrogen-bond donors (Lipinski definition) is 0. The zero-order chi connectivity index (χ0) is 13.1. The Hall–Kier alpha value is -1.33. The van der Waals surface area contributed by atoms with Gasteiger partial charge in [0.05, 0.1) is 6.07 Å². The zero-order valence-electron chi connectivity index (χ0n) is 10.3. The lowest BCUT2D eigenvalue weighted by Gasteiger charge is -2.19. The molecule has 0 heterocycles. The molecule has 0 N–H and O–H groups in total. The number of carbonyl (C=O) groups excluding carboxylic acids is 1. The van der Waals surface area contributed by atoms with E-state index in [1.54, 1.807) is 24.3 Å². The van der Waals surface area contributed by atoms with Crippen molar-refractivity contribution in [3.8, 4) is 6.07 Å². The Morgan fingerprint density at radius 1 is 1.41 bits per heavy atom. The van der Waals surface area contributed by atoms with Crippen LogP contribution in [0.3, 0.4) is 0 Å². The number of carbonyl (C=O) groups is 1. The highest BCUT2D eigenvalue weighted by Gasteiger charge is 2.26. The van der Waals surface area contributed by atoms with Crippen LogP contribution in [-0.2, 0) is 4.79 Å². The molecular formula is C14H16ClNO. The molecule has 2 nitrogen and oxygen atoms in total. The highest BCUT2D eigenvalue weighted by molar-refractivity contribution is 6.31. The molecular weight excluding hydrogens is 234 g/mol. The van der Waals surface area contributed by atoms with Crippen LogP contribution in [0.5, 0.6) is 0 Å². The molecule has 0 aliphatic rings. The van der Waals surface area contributed by atoms with E-state index < -0.39 is 5.92 Å². The van der Waals surface area contributed by atoms with E-state index in [0.29, 0.717) is 17.0 Å². The third-order valence-electron chi connectivity index (χ3n) is 2.37. The third-order valence-corrected chi connectivity index (χ3v) is 2.72. The van der Waals surface area contributed by atoms with E-state index in [9.17, 15) is 4.79 Å². The maximum absolute atomic E-state index is 12.1. The van der Waals surface area contributed by atoms with Crippen molar-refractivity contribution in [3.05, 3.63) is 34.9 Å². The van der Waals surface area contributed by atoms with E-state index >= 15 is 0 Å². The van der Waals surface area contributed by atoms with Gasteiger partial charge in [-0.2, -0.15) is 5.26 Å². The predicted molar refractivity (Wildman–Crippen MR) is 68.9 cm³/mol. The van der Waals surface area contributed by atoms with Crippen LogP contribution in [0.2, 0.25) is 5.02 Å². The molecule has 17 heavy (non-hydrogen) atoms. The first-order valence-electron chi connectivity index (χ1n) is 5.52. The number of hydrogen-bond acceptors (Lipinski definition) is 2. The lowest BCUT2D eigenvalue weighted by Crippen LogP contribution is -2.19. The number of rotatable bonds is 3. The van der Waals surface area contributed by atoms with E-state index in [1.807, 2.05) is 26.8 Å². The smallest absolute Gasteiger partial charge is 0.155 e. The topological polar surface area (TPSA) is 40.9 Å². The van der Waals surface area contributed by atoms with E-state index in [4.69, 9.17) is 16.9 Å². The molecule has 1 rings (SSSR count). The van der Waals surface area contributed by atoms with E-state index in [0.717, 1.165) is 0 Å². The number of Topliss-reactive ketones (excluding diaryl/α,β-unsaturated/α-hetero) is 1. The average Bonchev–Trinajstić information content (AvgIpc) is 2.19. The van der Waals surface area contributed by atoms with E-state index in [2.05, 4.69) is 0 Å². The number of nitrogens with zero attached hydrogens (tertiary/aromatic N) is 1. The molecule has 1 unspecified atom stereocenters. The molecule has 0 spiro atoms. The highest BCUT2D eigenvalue weighted by atomic mass is 35.5. The molecule has 0 saturated carbocycles. The predicted octanol–water partition coefficient (Wildman–Crippen LogP) is 3.95. The van der Waals surface area contributed by atoms with Gasteiger partial charge in [-0.1, -0.05) is 50.6 Å². The van der Waals surface area contributed by atoms with Gasteiger partial charge in [0, 0.05) is 11.4 Å². The van der Waals surface area contributed by atoms with Gasteiger partial charge in [0.25, 0.3) is 0 Å². The normalized spacial score (nSPS) is 12.9. The largest absolute Gasteiger partial charge is 0.298 e. The van der Waals surface area contributed by atoms with Crippen molar-refractivity contribution >= 4 is 17.4 Å². The number of nitriles is 1. The molecule has 0 aliphatic carbocycles. The van der Waals surface area contributed by atoms with Crippen molar-refractivity contribution in [2.24, 2.45) is 5.41 Å². The van der Waals surface area contributed by atoms with Gasteiger partial charge in [-0.15, -0.1) is 0 Å². The van der Waals surface area contributed by atoms with Gasteiger partial charge in [-0.25, -0.2) is 0 Å². The van der Waals surface area contributed by atoms with Crippen LogP contribution in [0.4, 0.5) is 0 Å². The van der Waals surface area contributed by atoms with Gasteiger partial charge in [0.15, 0.2) is 5.78 Å². The number of benzene rings is 1.